The highest BCUT2D eigenvalue weighted by Crippen LogP contribution is 2.34. The molecule has 1 unspecified atom stereocenters. The summed E-state index contributed by atoms with van der Waals surface area (Å²) in [5.74, 6) is -10.2. The largest absolute Gasteiger partial charge is 0.477 e. The maximum atomic E-state index is 13.5. The van der Waals surface area contributed by atoms with Crippen LogP contribution in [0, 0.1) is 15.9 Å². The van der Waals surface area contributed by atoms with Crippen LogP contribution in [0.1, 0.15) is 12.0 Å². The smallest absolute Gasteiger partial charge is 0.380 e. The first-order valence-electron chi connectivity index (χ1n) is 5.76. The summed E-state index contributed by atoms with van der Waals surface area (Å²) in [4.78, 5) is 23.1. The standard InChI is InChI=1S/C11H6F4N4O4/c12-5-3-4(1-2-6(5)19(22)23)8-16-9(18-17-8)7(13)11(14,15)10(20)21/h1-3,7H,(H,20,21)(H,16,17,18). The first-order valence-corrected chi connectivity index (χ1v) is 5.76. The number of halogens is 4. The Bertz CT molecular complexity index is 779. The van der Waals surface area contributed by atoms with E-state index in [4.69, 9.17) is 5.11 Å². The summed E-state index contributed by atoms with van der Waals surface area (Å²) < 4.78 is 53.1. The Kier molecular flexibility index (Phi) is 3.99. The SMILES string of the molecule is O=C(O)C(F)(F)C(F)c1nc(-c2ccc([N+](=O)[O-])c(F)c2)n[nH]1. The summed E-state index contributed by atoms with van der Waals surface area (Å²) in [5.41, 5.74) is -0.980. The molecule has 0 aliphatic carbocycles. The molecule has 1 heterocycles. The fourth-order valence-corrected chi connectivity index (χ4v) is 1.59. The second kappa shape index (κ2) is 5.62. The molecule has 0 amide bonds. The van der Waals surface area contributed by atoms with Crippen LogP contribution in [0.5, 0.6) is 0 Å². The molecule has 2 N–H and O–H groups in total. The van der Waals surface area contributed by atoms with E-state index in [1.807, 2.05) is 0 Å². The quantitative estimate of drug-likeness (QED) is 0.491. The van der Waals surface area contributed by atoms with Crippen LogP contribution in [-0.4, -0.2) is 37.1 Å². The molecule has 122 valence electrons. The molecule has 1 aromatic carbocycles. The lowest BCUT2D eigenvalue weighted by Crippen LogP contribution is -2.34. The van der Waals surface area contributed by atoms with E-state index in [0.717, 1.165) is 12.1 Å². The fourth-order valence-electron chi connectivity index (χ4n) is 1.59. The zero-order chi connectivity index (χ0) is 17.4. The summed E-state index contributed by atoms with van der Waals surface area (Å²) in [5, 5.41) is 23.9. The molecule has 1 aromatic heterocycles. The molecular weight excluding hydrogens is 328 g/mol. The number of rotatable bonds is 5. The molecule has 0 fully saturated rings. The Labute approximate surface area is 123 Å². The maximum Gasteiger partial charge on any atom is 0.380 e. The first kappa shape index (κ1) is 16.3. The summed E-state index contributed by atoms with van der Waals surface area (Å²) in [6.07, 6.45) is -3.30. The Hall–Kier alpha value is -3.05. The molecule has 2 rings (SSSR count). The number of alkyl halides is 3. The number of nitrogens with one attached hydrogen (secondary N) is 1. The van der Waals surface area contributed by atoms with E-state index in [-0.39, 0.29) is 5.56 Å². The summed E-state index contributed by atoms with van der Waals surface area (Å²) in [6.45, 7) is 0. The van der Waals surface area contributed by atoms with Gasteiger partial charge in [-0.25, -0.2) is 14.2 Å². The van der Waals surface area contributed by atoms with E-state index in [2.05, 4.69) is 10.1 Å². The molecular formula is C11H6F4N4O4. The van der Waals surface area contributed by atoms with Crippen LogP contribution >= 0.6 is 0 Å². The van der Waals surface area contributed by atoms with Crippen molar-refractivity contribution in [3.8, 4) is 11.4 Å². The van der Waals surface area contributed by atoms with Gasteiger partial charge in [0.25, 0.3) is 0 Å². The van der Waals surface area contributed by atoms with Gasteiger partial charge in [-0.15, -0.1) is 0 Å². The number of aliphatic carboxylic acids is 1. The van der Waals surface area contributed by atoms with E-state index in [1.165, 1.54) is 0 Å². The van der Waals surface area contributed by atoms with Crippen LogP contribution in [0.4, 0.5) is 23.2 Å². The van der Waals surface area contributed by atoms with E-state index >= 15 is 0 Å². The summed E-state index contributed by atoms with van der Waals surface area (Å²) >= 11 is 0. The van der Waals surface area contributed by atoms with Crippen molar-refractivity contribution < 1.29 is 32.4 Å². The Morgan fingerprint density at radius 1 is 1.43 bits per heavy atom. The number of hydrogen-bond donors (Lipinski definition) is 2. The Morgan fingerprint density at radius 3 is 2.61 bits per heavy atom. The molecule has 0 aliphatic rings. The van der Waals surface area contributed by atoms with Crippen molar-refractivity contribution in [2.45, 2.75) is 12.1 Å². The summed E-state index contributed by atoms with van der Waals surface area (Å²) in [7, 11) is 0. The number of carboxylic acid groups (broad SMARTS) is 1. The zero-order valence-electron chi connectivity index (χ0n) is 10.8. The van der Waals surface area contributed by atoms with Crippen LogP contribution in [0.15, 0.2) is 18.2 Å². The van der Waals surface area contributed by atoms with Crippen LogP contribution in [0.3, 0.4) is 0 Å². The number of carboxylic acids is 1. The minimum atomic E-state index is -4.74. The number of aromatic amines is 1. The maximum absolute atomic E-state index is 13.5. The van der Waals surface area contributed by atoms with Gasteiger partial charge in [0.05, 0.1) is 4.92 Å². The topological polar surface area (TPSA) is 122 Å². The predicted octanol–water partition coefficient (Wildman–Crippen LogP) is 2.25. The molecule has 0 saturated heterocycles. The van der Waals surface area contributed by atoms with Gasteiger partial charge in [-0.05, 0) is 12.1 Å². The van der Waals surface area contributed by atoms with E-state index < -0.39 is 46.1 Å². The number of aromatic nitrogens is 3. The van der Waals surface area contributed by atoms with Gasteiger partial charge in [0.1, 0.15) is 0 Å². The van der Waals surface area contributed by atoms with Crippen LogP contribution in [0.2, 0.25) is 0 Å². The van der Waals surface area contributed by atoms with Crippen molar-refractivity contribution in [1.82, 2.24) is 15.2 Å². The van der Waals surface area contributed by atoms with Gasteiger partial charge in [0.15, 0.2) is 11.6 Å². The highest BCUT2D eigenvalue weighted by molar-refractivity contribution is 5.76. The van der Waals surface area contributed by atoms with Crippen molar-refractivity contribution in [3.63, 3.8) is 0 Å². The third kappa shape index (κ3) is 2.95. The molecule has 0 spiro atoms. The second-order valence-electron chi connectivity index (χ2n) is 4.26. The van der Waals surface area contributed by atoms with Gasteiger partial charge in [0.2, 0.25) is 12.0 Å². The monoisotopic (exact) mass is 334 g/mol. The molecule has 0 bridgehead atoms. The van der Waals surface area contributed by atoms with Gasteiger partial charge in [-0.3, -0.25) is 15.2 Å². The van der Waals surface area contributed by atoms with Crippen molar-refractivity contribution in [2.75, 3.05) is 0 Å². The third-order valence-corrected chi connectivity index (χ3v) is 2.75. The molecule has 2 aromatic rings. The minimum absolute atomic E-state index is 0.151. The van der Waals surface area contributed by atoms with Gasteiger partial charge in [-0.1, -0.05) is 0 Å². The number of carbonyl (C=O) groups is 1. The van der Waals surface area contributed by atoms with E-state index in [1.54, 1.807) is 5.10 Å². The lowest BCUT2D eigenvalue weighted by Gasteiger charge is -2.13. The average molecular weight is 334 g/mol. The van der Waals surface area contributed by atoms with Crippen LogP contribution < -0.4 is 0 Å². The average Bonchev–Trinajstić information content (AvgIpc) is 2.95. The lowest BCUT2D eigenvalue weighted by molar-refractivity contribution is -0.387. The van der Waals surface area contributed by atoms with Gasteiger partial charge in [0, 0.05) is 11.6 Å². The molecule has 8 nitrogen and oxygen atoms in total. The molecule has 1 atom stereocenters. The number of nitro benzene ring substituents is 1. The normalized spacial score (nSPS) is 12.9. The lowest BCUT2D eigenvalue weighted by atomic mass is 10.2. The van der Waals surface area contributed by atoms with Gasteiger partial charge in [-0.2, -0.15) is 18.3 Å². The van der Waals surface area contributed by atoms with E-state index in [0.29, 0.717) is 6.07 Å². The van der Waals surface area contributed by atoms with Crippen LogP contribution in [-0.2, 0) is 4.79 Å². The molecule has 0 aliphatic heterocycles. The van der Waals surface area contributed by atoms with Crippen molar-refractivity contribution in [1.29, 1.82) is 0 Å². The fraction of sp³-hybridized carbons (Fsp3) is 0.182. The number of nitro groups is 1. The number of benzene rings is 1. The van der Waals surface area contributed by atoms with Crippen molar-refractivity contribution in [3.05, 3.63) is 40.0 Å². The summed E-state index contributed by atoms with van der Waals surface area (Å²) in [6, 6.07) is 2.48. The van der Waals surface area contributed by atoms with Crippen LogP contribution in [0.25, 0.3) is 11.4 Å². The number of H-pyrrole nitrogens is 1. The van der Waals surface area contributed by atoms with Crippen molar-refractivity contribution in [2.24, 2.45) is 0 Å². The number of hydrogen-bond acceptors (Lipinski definition) is 5. The number of nitrogens with zero attached hydrogens (tertiary/aromatic N) is 3. The molecule has 0 saturated carbocycles. The molecule has 0 radical (unpaired) electrons. The minimum Gasteiger partial charge on any atom is -0.477 e. The predicted molar refractivity (Wildman–Crippen MR) is 64.9 cm³/mol. The zero-order valence-corrected chi connectivity index (χ0v) is 10.8. The van der Waals surface area contributed by atoms with E-state index in [9.17, 15) is 32.5 Å². The van der Waals surface area contributed by atoms with Gasteiger partial charge < -0.3 is 5.11 Å². The first-order chi connectivity index (χ1) is 10.6. The highest BCUT2D eigenvalue weighted by Gasteiger charge is 2.51. The highest BCUT2D eigenvalue weighted by atomic mass is 19.3. The Morgan fingerprint density at radius 2 is 2.09 bits per heavy atom. The second-order valence-corrected chi connectivity index (χ2v) is 4.26. The Balaban J connectivity index is 2.35. The van der Waals surface area contributed by atoms with Crippen molar-refractivity contribution >= 4 is 11.7 Å². The third-order valence-electron chi connectivity index (χ3n) is 2.75. The molecule has 12 heteroatoms. The molecule has 23 heavy (non-hydrogen) atoms. The van der Waals surface area contributed by atoms with Gasteiger partial charge >= 0.3 is 17.6 Å².